The van der Waals surface area contributed by atoms with Crippen molar-refractivity contribution in [1.82, 2.24) is 4.90 Å². The van der Waals surface area contributed by atoms with Gasteiger partial charge in [0.05, 0.1) is 12.5 Å². The molecule has 20 heavy (non-hydrogen) atoms. The van der Waals surface area contributed by atoms with Crippen LogP contribution < -0.4 is 0 Å². The van der Waals surface area contributed by atoms with E-state index in [2.05, 4.69) is 12.8 Å². The van der Waals surface area contributed by atoms with Gasteiger partial charge in [-0.1, -0.05) is 13.8 Å². The van der Waals surface area contributed by atoms with Gasteiger partial charge in [0.1, 0.15) is 0 Å². The van der Waals surface area contributed by atoms with Gasteiger partial charge < -0.3 is 14.7 Å². The summed E-state index contributed by atoms with van der Waals surface area (Å²) < 4.78 is 5.05. The van der Waals surface area contributed by atoms with E-state index in [1.165, 1.54) is 6.92 Å². The van der Waals surface area contributed by atoms with Crippen LogP contribution in [0.25, 0.3) is 0 Å². The molecule has 1 N–H and O–H groups in total. The van der Waals surface area contributed by atoms with Gasteiger partial charge in [-0.3, -0.25) is 9.59 Å². The predicted molar refractivity (Wildman–Crippen MR) is 76.5 cm³/mol. The fourth-order valence-electron chi connectivity index (χ4n) is 2.47. The minimum atomic E-state index is -0.370. The second-order valence-corrected chi connectivity index (χ2v) is 4.53. The van der Waals surface area contributed by atoms with Crippen LogP contribution in [0.5, 0.6) is 0 Å². The van der Waals surface area contributed by atoms with Crippen molar-refractivity contribution in [3.8, 4) is 12.8 Å². The highest BCUT2D eigenvalue weighted by Crippen LogP contribution is 2.31. The molecule has 2 fully saturated rings. The number of amides is 1. The summed E-state index contributed by atoms with van der Waals surface area (Å²) >= 11 is 0. The Morgan fingerprint density at radius 3 is 2.15 bits per heavy atom. The first-order valence-electron chi connectivity index (χ1n) is 7.07. The van der Waals surface area contributed by atoms with E-state index in [0.717, 1.165) is 25.7 Å². The average Bonchev–Trinajstić information content (AvgIpc) is 2.44. The number of ether oxygens (including phenoxy) is 1. The van der Waals surface area contributed by atoms with Crippen LogP contribution in [0.2, 0.25) is 0 Å². The fraction of sp³-hybridized carbons (Fsp3) is 0.733. The topological polar surface area (TPSA) is 66.8 Å². The van der Waals surface area contributed by atoms with Crippen LogP contribution in [-0.2, 0) is 14.3 Å². The molecule has 1 amide bonds. The molecule has 5 heteroatoms. The zero-order valence-electron chi connectivity index (χ0n) is 12.5. The maximum atomic E-state index is 11.5. The van der Waals surface area contributed by atoms with Gasteiger partial charge in [-0.2, -0.15) is 0 Å². The summed E-state index contributed by atoms with van der Waals surface area (Å²) in [6.07, 6.45) is 10.7. The quantitative estimate of drug-likeness (QED) is 0.476. The first-order chi connectivity index (χ1) is 9.58. The molecule has 114 valence electrons. The smallest absolute Gasteiger partial charge is 0.304 e. The predicted octanol–water partition coefficient (Wildman–Crippen LogP) is 1.69. The Kier molecular flexibility index (Phi) is 8.66. The third-order valence-corrected chi connectivity index (χ3v) is 3.31. The standard InChI is InChI=1S/C11H17NO4.C2H6.C2H2/c1-7(13)16-11-6-10(15)12(11)8-2-4-9(14)5-3-8;2*1-2/h8-9,11,14H,2-6H2,1H3;1-2H3;1-2H. The van der Waals surface area contributed by atoms with Crippen molar-refractivity contribution < 1.29 is 19.4 Å². The summed E-state index contributed by atoms with van der Waals surface area (Å²) in [6, 6.07) is 0.133. The number of β-lactam (4-membered cyclic amide) rings is 1. The summed E-state index contributed by atoms with van der Waals surface area (Å²) in [7, 11) is 0. The van der Waals surface area contributed by atoms with Gasteiger partial charge in [-0.25, -0.2) is 0 Å². The van der Waals surface area contributed by atoms with Gasteiger partial charge in [-0.15, -0.1) is 12.8 Å². The molecular formula is C15H25NO4. The monoisotopic (exact) mass is 283 g/mol. The van der Waals surface area contributed by atoms with Crippen LogP contribution in [0, 0.1) is 12.8 Å². The maximum absolute atomic E-state index is 11.5. The van der Waals surface area contributed by atoms with Gasteiger partial charge in [-0.05, 0) is 25.7 Å². The Morgan fingerprint density at radius 2 is 1.75 bits per heavy atom. The van der Waals surface area contributed by atoms with E-state index >= 15 is 0 Å². The summed E-state index contributed by atoms with van der Waals surface area (Å²) in [5.74, 6) is -0.300. The maximum Gasteiger partial charge on any atom is 0.304 e. The second-order valence-electron chi connectivity index (χ2n) is 4.53. The van der Waals surface area contributed by atoms with Crippen LogP contribution in [0.15, 0.2) is 0 Å². The number of carbonyl (C=O) groups excluding carboxylic acids is 2. The molecule has 1 saturated heterocycles. The first kappa shape index (κ1) is 18.5. The zero-order valence-corrected chi connectivity index (χ0v) is 12.5. The van der Waals surface area contributed by atoms with Crippen LogP contribution in [0.1, 0.15) is 52.9 Å². The Balaban J connectivity index is 0.000000829. The number of likely N-dealkylation sites (tertiary alicyclic amines) is 1. The number of aliphatic hydroxyl groups excluding tert-OH is 1. The van der Waals surface area contributed by atoms with Crippen molar-refractivity contribution in [2.24, 2.45) is 0 Å². The zero-order chi connectivity index (χ0) is 15.7. The van der Waals surface area contributed by atoms with Crippen LogP contribution in [0.3, 0.4) is 0 Å². The number of rotatable bonds is 2. The number of terminal acetylenes is 1. The van der Waals surface area contributed by atoms with Gasteiger partial charge in [0.2, 0.25) is 5.91 Å². The van der Waals surface area contributed by atoms with Crippen molar-refractivity contribution in [3.05, 3.63) is 0 Å². The average molecular weight is 283 g/mol. The van der Waals surface area contributed by atoms with E-state index < -0.39 is 0 Å². The highest BCUT2D eigenvalue weighted by molar-refractivity contribution is 5.83. The molecule has 0 aromatic rings. The van der Waals surface area contributed by atoms with E-state index in [1.54, 1.807) is 4.90 Å². The molecule has 1 aliphatic heterocycles. The third-order valence-electron chi connectivity index (χ3n) is 3.31. The van der Waals surface area contributed by atoms with E-state index in [4.69, 9.17) is 4.74 Å². The van der Waals surface area contributed by atoms with Crippen molar-refractivity contribution in [2.75, 3.05) is 0 Å². The molecule has 1 saturated carbocycles. The largest absolute Gasteiger partial charge is 0.441 e. The highest BCUT2D eigenvalue weighted by Gasteiger charge is 2.43. The van der Waals surface area contributed by atoms with Crippen LogP contribution in [-0.4, -0.2) is 40.3 Å². The normalized spacial score (nSPS) is 28.0. The van der Waals surface area contributed by atoms with Crippen LogP contribution in [0.4, 0.5) is 0 Å². The van der Waals surface area contributed by atoms with Crippen LogP contribution >= 0.6 is 0 Å². The SMILES string of the molecule is C#C.CC.CC(=O)OC1CC(=O)N1C1CCC(O)CC1. The van der Waals surface area contributed by atoms with E-state index in [1.807, 2.05) is 13.8 Å². The Labute approximate surface area is 121 Å². The van der Waals surface area contributed by atoms with E-state index in [9.17, 15) is 14.7 Å². The number of esters is 1. The molecule has 0 aromatic carbocycles. The minimum absolute atomic E-state index is 0.0487. The first-order valence-corrected chi connectivity index (χ1v) is 7.07. The van der Waals surface area contributed by atoms with Crippen molar-refractivity contribution in [3.63, 3.8) is 0 Å². The molecule has 1 atom stereocenters. The molecule has 0 spiro atoms. The molecule has 2 aliphatic rings. The third kappa shape index (κ3) is 4.86. The number of carbonyl (C=O) groups is 2. The van der Waals surface area contributed by atoms with Crippen molar-refractivity contribution >= 4 is 11.9 Å². The Hall–Kier alpha value is -1.54. The van der Waals surface area contributed by atoms with Gasteiger partial charge in [0.25, 0.3) is 0 Å². The van der Waals surface area contributed by atoms with Gasteiger partial charge in [0, 0.05) is 13.0 Å². The van der Waals surface area contributed by atoms with Gasteiger partial charge in [0.15, 0.2) is 6.23 Å². The Bertz CT molecular complexity index is 332. The lowest BCUT2D eigenvalue weighted by molar-refractivity contribution is -0.189. The van der Waals surface area contributed by atoms with E-state index in [-0.39, 0.29) is 30.3 Å². The minimum Gasteiger partial charge on any atom is -0.441 e. The number of aliphatic hydroxyl groups is 1. The molecular weight excluding hydrogens is 258 g/mol. The number of hydrogen-bond donors (Lipinski definition) is 1. The molecule has 5 nitrogen and oxygen atoms in total. The lowest BCUT2D eigenvalue weighted by atomic mass is 9.89. The summed E-state index contributed by atoms with van der Waals surface area (Å²) in [6.45, 7) is 5.35. The molecule has 1 aliphatic carbocycles. The van der Waals surface area contributed by atoms with Crippen molar-refractivity contribution in [1.29, 1.82) is 0 Å². The fourth-order valence-corrected chi connectivity index (χ4v) is 2.47. The molecule has 0 radical (unpaired) electrons. The number of nitrogens with zero attached hydrogens (tertiary/aromatic N) is 1. The highest BCUT2D eigenvalue weighted by atomic mass is 16.6. The lowest BCUT2D eigenvalue weighted by Crippen LogP contribution is -2.59. The number of hydrogen-bond acceptors (Lipinski definition) is 4. The summed E-state index contributed by atoms with van der Waals surface area (Å²) in [5, 5.41) is 9.39. The molecule has 1 heterocycles. The molecule has 0 aromatic heterocycles. The molecule has 1 unspecified atom stereocenters. The van der Waals surface area contributed by atoms with Crippen molar-refractivity contribution in [2.45, 2.75) is 71.2 Å². The van der Waals surface area contributed by atoms with Gasteiger partial charge >= 0.3 is 5.97 Å². The molecule has 0 bridgehead atoms. The Morgan fingerprint density at radius 1 is 1.25 bits per heavy atom. The van der Waals surface area contributed by atoms with E-state index in [0.29, 0.717) is 6.42 Å². The summed E-state index contributed by atoms with van der Waals surface area (Å²) in [4.78, 5) is 24.0. The second kappa shape index (κ2) is 9.38. The summed E-state index contributed by atoms with van der Waals surface area (Å²) in [5.41, 5.74) is 0. The molecule has 2 rings (SSSR count). The lowest BCUT2D eigenvalue weighted by Gasteiger charge is -2.46.